The monoisotopic (exact) mass is 321 g/mol. The van der Waals surface area contributed by atoms with E-state index in [1.54, 1.807) is 7.11 Å². The molecule has 1 heterocycles. The number of rotatable bonds is 8. The van der Waals surface area contributed by atoms with Crippen molar-refractivity contribution in [3.05, 3.63) is 35.4 Å². The molecule has 0 saturated carbocycles. The van der Waals surface area contributed by atoms with Crippen LogP contribution >= 0.6 is 0 Å². The highest BCUT2D eigenvalue weighted by Crippen LogP contribution is 2.06. The molecule has 0 aromatic heterocycles. The second kappa shape index (κ2) is 10.2. The number of methoxy groups -OCH3 is 1. The van der Waals surface area contributed by atoms with E-state index >= 15 is 0 Å². The van der Waals surface area contributed by atoms with Crippen molar-refractivity contribution in [3.63, 3.8) is 0 Å². The molecule has 0 bridgehead atoms. The molecule has 1 aromatic carbocycles. The Bertz CT molecular complexity index is 476. The second-order valence-corrected chi connectivity index (χ2v) is 5.67. The van der Waals surface area contributed by atoms with Crippen molar-refractivity contribution in [1.29, 1.82) is 0 Å². The summed E-state index contributed by atoms with van der Waals surface area (Å²) in [5, 5.41) is 5.78. The molecule has 2 amide bonds. The van der Waals surface area contributed by atoms with Gasteiger partial charge < -0.3 is 20.1 Å². The average molecular weight is 321 g/mol. The van der Waals surface area contributed by atoms with Crippen LogP contribution in [0.5, 0.6) is 0 Å². The number of hydrogen-bond acceptors (Lipinski definition) is 4. The average Bonchev–Trinajstić information content (AvgIpc) is 2.58. The van der Waals surface area contributed by atoms with Crippen molar-refractivity contribution < 1.29 is 14.3 Å². The molecule has 0 radical (unpaired) electrons. The number of urea groups is 1. The Morgan fingerprint density at radius 2 is 2.04 bits per heavy atom. The maximum atomic E-state index is 11.8. The van der Waals surface area contributed by atoms with Crippen LogP contribution in [0, 0.1) is 0 Å². The Labute approximate surface area is 138 Å². The van der Waals surface area contributed by atoms with E-state index in [2.05, 4.69) is 15.5 Å². The minimum absolute atomic E-state index is 0.121. The van der Waals surface area contributed by atoms with E-state index in [4.69, 9.17) is 9.47 Å². The van der Waals surface area contributed by atoms with Gasteiger partial charge in [-0.25, -0.2) is 4.79 Å². The summed E-state index contributed by atoms with van der Waals surface area (Å²) in [7, 11) is 1.68. The van der Waals surface area contributed by atoms with Gasteiger partial charge in [-0.3, -0.25) is 4.90 Å². The Kier molecular flexibility index (Phi) is 7.86. The zero-order valence-electron chi connectivity index (χ0n) is 13.8. The lowest BCUT2D eigenvalue weighted by Gasteiger charge is -2.26. The van der Waals surface area contributed by atoms with Crippen LogP contribution in [0.15, 0.2) is 24.3 Å². The third kappa shape index (κ3) is 6.99. The van der Waals surface area contributed by atoms with E-state index in [1.165, 1.54) is 0 Å². The van der Waals surface area contributed by atoms with Crippen molar-refractivity contribution in [2.75, 3.05) is 46.5 Å². The summed E-state index contributed by atoms with van der Waals surface area (Å²) in [4.78, 5) is 14.2. The fourth-order valence-corrected chi connectivity index (χ4v) is 2.57. The van der Waals surface area contributed by atoms with Gasteiger partial charge in [0.2, 0.25) is 0 Å². The Balaban J connectivity index is 1.58. The van der Waals surface area contributed by atoms with Crippen molar-refractivity contribution in [1.82, 2.24) is 15.5 Å². The highest BCUT2D eigenvalue weighted by atomic mass is 16.5. The lowest BCUT2D eigenvalue weighted by Crippen LogP contribution is -2.39. The number of carbonyl (C=O) groups excluding carboxylic acids is 1. The summed E-state index contributed by atoms with van der Waals surface area (Å²) < 4.78 is 10.4. The molecule has 2 rings (SSSR count). The van der Waals surface area contributed by atoms with Crippen molar-refractivity contribution in [2.24, 2.45) is 0 Å². The van der Waals surface area contributed by atoms with Gasteiger partial charge in [0.25, 0.3) is 0 Å². The molecule has 1 fully saturated rings. The summed E-state index contributed by atoms with van der Waals surface area (Å²) in [6, 6.07) is 7.91. The first-order valence-corrected chi connectivity index (χ1v) is 8.16. The lowest BCUT2D eigenvalue weighted by atomic mass is 10.1. The molecular weight excluding hydrogens is 294 g/mol. The summed E-state index contributed by atoms with van der Waals surface area (Å²) >= 11 is 0. The molecule has 0 atom stereocenters. The molecule has 1 aromatic rings. The highest BCUT2D eigenvalue weighted by Gasteiger charge is 2.09. The van der Waals surface area contributed by atoms with Gasteiger partial charge in [-0.05, 0) is 24.1 Å². The smallest absolute Gasteiger partial charge is 0.315 e. The third-order valence-corrected chi connectivity index (χ3v) is 3.80. The summed E-state index contributed by atoms with van der Waals surface area (Å²) in [5.41, 5.74) is 2.18. The maximum absolute atomic E-state index is 11.8. The number of hydrogen-bond donors (Lipinski definition) is 2. The fraction of sp³-hybridized carbons (Fsp3) is 0.588. The molecule has 0 aliphatic carbocycles. The molecule has 0 spiro atoms. The van der Waals surface area contributed by atoms with Crippen LogP contribution < -0.4 is 10.6 Å². The largest absolute Gasteiger partial charge is 0.380 e. The number of ether oxygens (including phenoxy) is 2. The van der Waals surface area contributed by atoms with Crippen LogP contribution in [-0.4, -0.2) is 57.4 Å². The predicted octanol–water partition coefficient (Wildman–Crippen LogP) is 1.35. The summed E-state index contributed by atoms with van der Waals surface area (Å²) in [6.07, 6.45) is 0.955. The van der Waals surface area contributed by atoms with Crippen LogP contribution in [0.25, 0.3) is 0 Å². The number of benzene rings is 1. The number of morpholine rings is 1. The Morgan fingerprint density at radius 1 is 1.26 bits per heavy atom. The number of carbonyl (C=O) groups is 1. The summed E-state index contributed by atoms with van der Waals surface area (Å²) in [6.45, 7) is 6.41. The minimum atomic E-state index is -0.121. The quantitative estimate of drug-likeness (QED) is 0.710. The van der Waals surface area contributed by atoms with Gasteiger partial charge in [-0.2, -0.15) is 0 Å². The van der Waals surface area contributed by atoms with Crippen molar-refractivity contribution >= 4 is 6.03 Å². The number of nitrogens with one attached hydrogen (secondary N) is 2. The van der Waals surface area contributed by atoms with Crippen LogP contribution in [0.2, 0.25) is 0 Å². The normalized spacial score (nSPS) is 15.3. The standard InChI is InChI=1S/C17H27N3O3/c1-22-14-16-5-2-4-15(12-16)13-19-17(21)18-6-3-7-20-8-10-23-11-9-20/h2,4-5,12H,3,6-11,13-14H2,1H3,(H2,18,19,21). The number of nitrogens with zero attached hydrogens (tertiary/aromatic N) is 1. The lowest BCUT2D eigenvalue weighted by molar-refractivity contribution is 0.0375. The van der Waals surface area contributed by atoms with Crippen LogP contribution in [0.4, 0.5) is 4.79 Å². The Hall–Kier alpha value is -1.63. The number of amides is 2. The molecule has 1 aliphatic heterocycles. The van der Waals surface area contributed by atoms with Gasteiger partial charge in [0.15, 0.2) is 0 Å². The van der Waals surface area contributed by atoms with Crippen molar-refractivity contribution in [3.8, 4) is 0 Å². The molecule has 128 valence electrons. The van der Waals surface area contributed by atoms with Crippen molar-refractivity contribution in [2.45, 2.75) is 19.6 Å². The maximum Gasteiger partial charge on any atom is 0.315 e. The Morgan fingerprint density at radius 3 is 2.83 bits per heavy atom. The molecular formula is C17H27N3O3. The van der Waals surface area contributed by atoms with E-state index < -0.39 is 0 Å². The van der Waals surface area contributed by atoms with Crippen LogP contribution in [0.3, 0.4) is 0 Å². The minimum Gasteiger partial charge on any atom is -0.380 e. The van der Waals surface area contributed by atoms with Crippen LogP contribution in [-0.2, 0) is 22.6 Å². The fourth-order valence-electron chi connectivity index (χ4n) is 2.57. The third-order valence-electron chi connectivity index (χ3n) is 3.80. The van der Waals surface area contributed by atoms with Crippen LogP contribution in [0.1, 0.15) is 17.5 Å². The predicted molar refractivity (Wildman–Crippen MR) is 89.3 cm³/mol. The molecule has 6 nitrogen and oxygen atoms in total. The first kappa shape index (κ1) is 17.7. The molecule has 1 saturated heterocycles. The SMILES string of the molecule is COCc1cccc(CNC(=O)NCCCN2CCOCC2)c1. The topological polar surface area (TPSA) is 62.8 Å². The molecule has 1 aliphatic rings. The first-order valence-electron chi connectivity index (χ1n) is 8.16. The molecule has 2 N–H and O–H groups in total. The first-order chi connectivity index (χ1) is 11.3. The van der Waals surface area contributed by atoms with E-state index in [-0.39, 0.29) is 6.03 Å². The second-order valence-electron chi connectivity index (χ2n) is 5.67. The van der Waals surface area contributed by atoms with E-state index in [1.807, 2.05) is 24.3 Å². The van der Waals surface area contributed by atoms with Gasteiger partial charge in [0.05, 0.1) is 19.8 Å². The van der Waals surface area contributed by atoms with Gasteiger partial charge >= 0.3 is 6.03 Å². The zero-order chi connectivity index (χ0) is 16.3. The van der Waals surface area contributed by atoms with Gasteiger partial charge in [-0.1, -0.05) is 24.3 Å². The van der Waals surface area contributed by atoms with Gasteiger partial charge in [-0.15, -0.1) is 0 Å². The van der Waals surface area contributed by atoms with Gasteiger partial charge in [0, 0.05) is 33.3 Å². The molecule has 23 heavy (non-hydrogen) atoms. The van der Waals surface area contributed by atoms with Gasteiger partial charge in [0.1, 0.15) is 0 Å². The van der Waals surface area contributed by atoms with E-state index in [0.717, 1.165) is 50.4 Å². The highest BCUT2D eigenvalue weighted by molar-refractivity contribution is 5.73. The molecule has 0 unspecified atom stereocenters. The van der Waals surface area contributed by atoms with E-state index in [0.29, 0.717) is 19.7 Å². The molecule has 6 heteroatoms. The summed E-state index contributed by atoms with van der Waals surface area (Å²) in [5.74, 6) is 0. The zero-order valence-corrected chi connectivity index (χ0v) is 13.8. The van der Waals surface area contributed by atoms with E-state index in [9.17, 15) is 4.79 Å².